The summed E-state index contributed by atoms with van der Waals surface area (Å²) in [5.41, 5.74) is 0. The van der Waals surface area contributed by atoms with Crippen LogP contribution in [0.1, 0.15) is 27.2 Å². The Morgan fingerprint density at radius 3 is 2.18 bits per heavy atom. The molecule has 0 aromatic rings. The first-order chi connectivity index (χ1) is 5.20. The predicted molar refractivity (Wildman–Crippen MR) is 44.3 cm³/mol. The lowest BCUT2D eigenvalue weighted by Crippen LogP contribution is -2.19. The van der Waals surface area contributed by atoms with Gasteiger partial charge in [-0.1, -0.05) is 20.8 Å². The summed E-state index contributed by atoms with van der Waals surface area (Å²) in [4.78, 5) is 0. The first-order valence-electron chi connectivity index (χ1n) is 4.43. The smallest absolute Gasteiger partial charge is 0.160 e. The Bertz CT molecular complexity index is 106. The van der Waals surface area contributed by atoms with E-state index in [0.717, 1.165) is 19.1 Å². The van der Waals surface area contributed by atoms with E-state index in [1.165, 1.54) is 6.42 Å². The molecule has 2 heteroatoms. The van der Waals surface area contributed by atoms with Gasteiger partial charge in [0.15, 0.2) is 6.29 Å². The molecule has 1 aliphatic heterocycles. The van der Waals surface area contributed by atoms with Crippen LogP contribution in [0.25, 0.3) is 0 Å². The lowest BCUT2D eigenvalue weighted by atomic mass is 9.98. The summed E-state index contributed by atoms with van der Waals surface area (Å²) in [5.74, 6) is 1.27. The lowest BCUT2D eigenvalue weighted by molar-refractivity contribution is -0.0828. The summed E-state index contributed by atoms with van der Waals surface area (Å²) in [5, 5.41) is 0. The lowest BCUT2D eigenvalue weighted by Gasteiger charge is -2.19. The Morgan fingerprint density at radius 2 is 1.73 bits per heavy atom. The van der Waals surface area contributed by atoms with Gasteiger partial charge in [-0.25, -0.2) is 0 Å². The molecule has 1 unspecified atom stereocenters. The molecular formula is C9H18O2. The second kappa shape index (κ2) is 4.07. The molecule has 2 nitrogen and oxygen atoms in total. The van der Waals surface area contributed by atoms with Crippen LogP contribution in [0.5, 0.6) is 0 Å². The molecule has 11 heavy (non-hydrogen) atoms. The molecule has 0 spiro atoms. The van der Waals surface area contributed by atoms with Crippen LogP contribution in [0.4, 0.5) is 0 Å². The molecule has 0 bridgehead atoms. The van der Waals surface area contributed by atoms with Gasteiger partial charge in [-0.05, 0) is 12.3 Å². The summed E-state index contributed by atoms with van der Waals surface area (Å²) in [6.07, 6.45) is 1.25. The Hall–Kier alpha value is -0.0800. The van der Waals surface area contributed by atoms with Crippen molar-refractivity contribution in [2.24, 2.45) is 11.8 Å². The number of ether oxygens (including phenoxy) is 2. The van der Waals surface area contributed by atoms with E-state index < -0.39 is 0 Å². The van der Waals surface area contributed by atoms with E-state index in [1.54, 1.807) is 0 Å². The third-order valence-electron chi connectivity index (χ3n) is 1.96. The summed E-state index contributed by atoms with van der Waals surface area (Å²) in [7, 11) is 0. The van der Waals surface area contributed by atoms with E-state index in [2.05, 4.69) is 20.8 Å². The van der Waals surface area contributed by atoms with Gasteiger partial charge in [0.1, 0.15) is 0 Å². The van der Waals surface area contributed by atoms with Crippen molar-refractivity contribution < 1.29 is 9.47 Å². The topological polar surface area (TPSA) is 18.5 Å². The highest BCUT2D eigenvalue weighted by molar-refractivity contribution is 4.63. The van der Waals surface area contributed by atoms with Crippen molar-refractivity contribution >= 4 is 0 Å². The fraction of sp³-hybridized carbons (Fsp3) is 1.00. The van der Waals surface area contributed by atoms with Crippen LogP contribution in [0.3, 0.4) is 0 Å². The standard InChI is InChI=1S/C9H18O2/c1-7(2)6-8(3)9-10-4-5-11-9/h7-9H,4-6H2,1-3H3. The van der Waals surface area contributed by atoms with Crippen molar-refractivity contribution in [1.82, 2.24) is 0 Å². The monoisotopic (exact) mass is 158 g/mol. The highest BCUT2D eigenvalue weighted by Gasteiger charge is 2.23. The quantitative estimate of drug-likeness (QED) is 0.625. The molecule has 1 atom stereocenters. The SMILES string of the molecule is CC(C)CC(C)C1OCCO1. The third-order valence-corrected chi connectivity index (χ3v) is 1.96. The van der Waals surface area contributed by atoms with E-state index in [4.69, 9.17) is 9.47 Å². The van der Waals surface area contributed by atoms with Gasteiger partial charge in [-0.3, -0.25) is 0 Å². The highest BCUT2D eigenvalue weighted by atomic mass is 16.7. The van der Waals surface area contributed by atoms with E-state index in [9.17, 15) is 0 Å². The largest absolute Gasteiger partial charge is 0.350 e. The van der Waals surface area contributed by atoms with Gasteiger partial charge in [-0.15, -0.1) is 0 Å². The summed E-state index contributed by atoms with van der Waals surface area (Å²) in [6.45, 7) is 8.19. The van der Waals surface area contributed by atoms with Crippen molar-refractivity contribution in [2.75, 3.05) is 13.2 Å². The third kappa shape index (κ3) is 2.80. The van der Waals surface area contributed by atoms with Crippen molar-refractivity contribution in [2.45, 2.75) is 33.5 Å². The Morgan fingerprint density at radius 1 is 1.18 bits per heavy atom. The van der Waals surface area contributed by atoms with Gasteiger partial charge in [0.2, 0.25) is 0 Å². The molecule has 0 aliphatic carbocycles. The fourth-order valence-electron chi connectivity index (χ4n) is 1.56. The van der Waals surface area contributed by atoms with Crippen LogP contribution < -0.4 is 0 Å². The summed E-state index contributed by atoms with van der Waals surface area (Å²) < 4.78 is 10.8. The first-order valence-corrected chi connectivity index (χ1v) is 4.43. The molecule has 0 aromatic carbocycles. The maximum atomic E-state index is 5.39. The first kappa shape index (κ1) is 9.01. The van der Waals surface area contributed by atoms with E-state index in [-0.39, 0.29) is 6.29 Å². The second-order valence-electron chi connectivity index (χ2n) is 3.72. The zero-order valence-electron chi connectivity index (χ0n) is 7.67. The van der Waals surface area contributed by atoms with Crippen molar-refractivity contribution in [1.29, 1.82) is 0 Å². The number of hydrogen-bond acceptors (Lipinski definition) is 2. The molecule has 0 saturated carbocycles. The Kier molecular flexibility index (Phi) is 3.34. The zero-order valence-corrected chi connectivity index (χ0v) is 7.67. The highest BCUT2D eigenvalue weighted by Crippen LogP contribution is 2.20. The minimum atomic E-state index is 0.0670. The molecule has 0 N–H and O–H groups in total. The van der Waals surface area contributed by atoms with Gasteiger partial charge >= 0.3 is 0 Å². The average Bonchev–Trinajstić information content (AvgIpc) is 2.35. The van der Waals surface area contributed by atoms with Crippen LogP contribution in [0.15, 0.2) is 0 Å². The van der Waals surface area contributed by atoms with Crippen LogP contribution in [0.2, 0.25) is 0 Å². The molecule has 0 radical (unpaired) electrons. The van der Waals surface area contributed by atoms with Crippen molar-refractivity contribution in [3.8, 4) is 0 Å². The molecule has 1 fully saturated rings. The predicted octanol–water partition coefficient (Wildman–Crippen LogP) is 2.04. The zero-order chi connectivity index (χ0) is 8.27. The molecule has 1 aliphatic rings. The number of rotatable bonds is 3. The van der Waals surface area contributed by atoms with Crippen LogP contribution in [-0.4, -0.2) is 19.5 Å². The maximum absolute atomic E-state index is 5.39. The van der Waals surface area contributed by atoms with Gasteiger partial charge in [-0.2, -0.15) is 0 Å². The Balaban J connectivity index is 2.22. The van der Waals surface area contributed by atoms with Crippen molar-refractivity contribution in [3.05, 3.63) is 0 Å². The molecule has 1 rings (SSSR count). The number of hydrogen-bond donors (Lipinski definition) is 0. The minimum absolute atomic E-state index is 0.0670. The molecule has 1 saturated heterocycles. The molecule has 1 heterocycles. The van der Waals surface area contributed by atoms with Gasteiger partial charge in [0.05, 0.1) is 13.2 Å². The van der Waals surface area contributed by atoms with E-state index >= 15 is 0 Å². The molecule has 0 aromatic heterocycles. The average molecular weight is 158 g/mol. The normalized spacial score (nSPS) is 22.9. The minimum Gasteiger partial charge on any atom is -0.350 e. The molecule has 66 valence electrons. The fourth-order valence-corrected chi connectivity index (χ4v) is 1.56. The van der Waals surface area contributed by atoms with Crippen LogP contribution >= 0.6 is 0 Å². The van der Waals surface area contributed by atoms with Crippen molar-refractivity contribution in [3.63, 3.8) is 0 Å². The van der Waals surface area contributed by atoms with Gasteiger partial charge in [0.25, 0.3) is 0 Å². The summed E-state index contributed by atoms with van der Waals surface area (Å²) in [6, 6.07) is 0. The van der Waals surface area contributed by atoms with Crippen LogP contribution in [0, 0.1) is 11.8 Å². The van der Waals surface area contributed by atoms with E-state index in [0.29, 0.717) is 5.92 Å². The van der Waals surface area contributed by atoms with Crippen LogP contribution in [-0.2, 0) is 9.47 Å². The summed E-state index contributed by atoms with van der Waals surface area (Å²) >= 11 is 0. The van der Waals surface area contributed by atoms with Gasteiger partial charge < -0.3 is 9.47 Å². The van der Waals surface area contributed by atoms with E-state index in [1.807, 2.05) is 0 Å². The Labute approximate surface area is 68.9 Å². The van der Waals surface area contributed by atoms with Gasteiger partial charge in [0, 0.05) is 5.92 Å². The second-order valence-corrected chi connectivity index (χ2v) is 3.72. The maximum Gasteiger partial charge on any atom is 0.160 e. The molecular weight excluding hydrogens is 140 g/mol. The molecule has 0 amide bonds.